The van der Waals surface area contributed by atoms with Crippen LogP contribution in [0.2, 0.25) is 0 Å². The van der Waals surface area contributed by atoms with Gasteiger partial charge in [0.05, 0.1) is 0 Å². The van der Waals surface area contributed by atoms with Crippen molar-refractivity contribution in [2.75, 3.05) is 13.6 Å². The molecule has 0 aliphatic heterocycles. The molecular formula is C13H25N3O2. The van der Waals surface area contributed by atoms with Gasteiger partial charge >= 0.3 is 6.03 Å². The van der Waals surface area contributed by atoms with E-state index in [1.807, 2.05) is 13.8 Å². The fourth-order valence-electron chi connectivity index (χ4n) is 2.19. The molecule has 1 fully saturated rings. The fourth-order valence-corrected chi connectivity index (χ4v) is 2.19. The lowest BCUT2D eigenvalue weighted by molar-refractivity contribution is -0.121. The Morgan fingerprint density at radius 3 is 2.39 bits per heavy atom. The van der Waals surface area contributed by atoms with E-state index in [9.17, 15) is 9.59 Å². The Balaban J connectivity index is 2.29. The predicted octanol–water partition coefficient (Wildman–Crippen LogP) is 1.49. The van der Waals surface area contributed by atoms with Crippen molar-refractivity contribution in [3.63, 3.8) is 0 Å². The van der Waals surface area contributed by atoms with Crippen LogP contribution in [0.15, 0.2) is 0 Å². The van der Waals surface area contributed by atoms with Crippen LogP contribution in [0, 0.1) is 0 Å². The molecule has 0 heterocycles. The van der Waals surface area contributed by atoms with E-state index in [1.165, 1.54) is 24.2 Å². The van der Waals surface area contributed by atoms with Crippen molar-refractivity contribution in [1.82, 2.24) is 15.5 Å². The summed E-state index contributed by atoms with van der Waals surface area (Å²) in [7, 11) is 1.65. The summed E-state index contributed by atoms with van der Waals surface area (Å²) in [6.45, 7) is 3.91. The molecule has 0 bridgehead atoms. The van der Waals surface area contributed by atoms with Crippen LogP contribution in [-0.2, 0) is 4.79 Å². The Hall–Kier alpha value is -1.26. The lowest BCUT2D eigenvalue weighted by atomic mass is 9.96. The predicted molar refractivity (Wildman–Crippen MR) is 71.3 cm³/mol. The Morgan fingerprint density at radius 2 is 1.83 bits per heavy atom. The van der Waals surface area contributed by atoms with Crippen LogP contribution in [0.1, 0.15) is 46.0 Å². The van der Waals surface area contributed by atoms with Gasteiger partial charge in [0.2, 0.25) is 5.91 Å². The Bertz CT molecular complexity index is 286. The summed E-state index contributed by atoms with van der Waals surface area (Å²) in [5.41, 5.74) is 0. The highest BCUT2D eigenvalue weighted by Crippen LogP contribution is 2.17. The smallest absolute Gasteiger partial charge is 0.317 e. The Kier molecular flexibility index (Phi) is 5.95. The van der Waals surface area contributed by atoms with Gasteiger partial charge < -0.3 is 15.5 Å². The molecule has 0 saturated heterocycles. The third-order valence-corrected chi connectivity index (χ3v) is 3.11. The Morgan fingerprint density at radius 1 is 1.22 bits per heavy atom. The van der Waals surface area contributed by atoms with Crippen LogP contribution in [0.3, 0.4) is 0 Å². The number of urea groups is 1. The summed E-state index contributed by atoms with van der Waals surface area (Å²) in [4.78, 5) is 24.8. The van der Waals surface area contributed by atoms with E-state index in [-0.39, 0.29) is 30.6 Å². The molecule has 0 aromatic heterocycles. The Labute approximate surface area is 109 Å². The van der Waals surface area contributed by atoms with Crippen LogP contribution >= 0.6 is 0 Å². The summed E-state index contributed by atoms with van der Waals surface area (Å²) < 4.78 is 0. The molecule has 104 valence electrons. The quantitative estimate of drug-likeness (QED) is 0.799. The number of nitrogens with zero attached hydrogens (tertiary/aromatic N) is 1. The number of hydrogen-bond donors (Lipinski definition) is 2. The maximum Gasteiger partial charge on any atom is 0.317 e. The van der Waals surface area contributed by atoms with Crippen molar-refractivity contribution in [2.45, 2.75) is 58.0 Å². The lowest BCUT2D eigenvalue weighted by Crippen LogP contribution is -2.47. The van der Waals surface area contributed by atoms with Crippen LogP contribution < -0.4 is 10.6 Å². The number of amides is 3. The number of carbonyl (C=O) groups excluding carboxylic acids is 2. The molecule has 3 amide bonds. The highest BCUT2D eigenvalue weighted by Gasteiger charge is 2.19. The molecule has 0 unspecified atom stereocenters. The fraction of sp³-hybridized carbons (Fsp3) is 0.846. The molecule has 1 rings (SSSR count). The minimum absolute atomic E-state index is 0.104. The third kappa shape index (κ3) is 5.38. The van der Waals surface area contributed by atoms with Crippen molar-refractivity contribution < 1.29 is 9.59 Å². The summed E-state index contributed by atoms with van der Waals surface area (Å²) in [6.07, 6.45) is 5.74. The average Bonchev–Trinajstić information content (AvgIpc) is 2.28. The minimum atomic E-state index is -0.152. The lowest BCUT2D eigenvalue weighted by Gasteiger charge is -2.26. The van der Waals surface area contributed by atoms with Crippen LogP contribution in [0.4, 0.5) is 4.79 Å². The van der Waals surface area contributed by atoms with Gasteiger partial charge in [-0.15, -0.1) is 0 Å². The van der Waals surface area contributed by atoms with Crippen molar-refractivity contribution in [3.05, 3.63) is 0 Å². The van der Waals surface area contributed by atoms with Crippen molar-refractivity contribution in [3.8, 4) is 0 Å². The SMILES string of the molecule is CC(C)NC(=O)CN(C)C(=O)NC1CCCCC1. The summed E-state index contributed by atoms with van der Waals surface area (Å²) in [5, 5.41) is 5.76. The van der Waals surface area contributed by atoms with E-state index < -0.39 is 0 Å². The summed E-state index contributed by atoms with van der Waals surface area (Å²) >= 11 is 0. The number of rotatable bonds is 4. The summed E-state index contributed by atoms with van der Waals surface area (Å²) in [5.74, 6) is -0.119. The van der Waals surface area contributed by atoms with E-state index in [0.29, 0.717) is 0 Å². The third-order valence-electron chi connectivity index (χ3n) is 3.11. The minimum Gasteiger partial charge on any atom is -0.352 e. The van der Waals surface area contributed by atoms with Crippen LogP contribution in [0.5, 0.6) is 0 Å². The number of carbonyl (C=O) groups is 2. The molecule has 0 aromatic carbocycles. The van der Waals surface area contributed by atoms with Crippen LogP contribution in [-0.4, -0.2) is 42.5 Å². The molecule has 5 heteroatoms. The number of hydrogen-bond acceptors (Lipinski definition) is 2. The molecule has 18 heavy (non-hydrogen) atoms. The van der Waals surface area contributed by atoms with Crippen molar-refractivity contribution in [1.29, 1.82) is 0 Å². The maximum absolute atomic E-state index is 11.9. The van der Waals surface area contributed by atoms with Gasteiger partial charge in [0.1, 0.15) is 6.54 Å². The standard InChI is InChI=1S/C13H25N3O2/c1-10(2)14-12(17)9-16(3)13(18)15-11-7-5-4-6-8-11/h10-11H,4-9H2,1-3H3,(H,14,17)(H,15,18). The zero-order valence-electron chi connectivity index (χ0n) is 11.7. The van der Waals surface area contributed by atoms with Crippen molar-refractivity contribution >= 4 is 11.9 Å². The van der Waals surface area contributed by atoms with Crippen LogP contribution in [0.25, 0.3) is 0 Å². The maximum atomic E-state index is 11.9. The average molecular weight is 255 g/mol. The molecule has 5 nitrogen and oxygen atoms in total. The zero-order chi connectivity index (χ0) is 13.5. The van der Waals surface area contributed by atoms with Gasteiger partial charge in [-0.2, -0.15) is 0 Å². The monoisotopic (exact) mass is 255 g/mol. The zero-order valence-corrected chi connectivity index (χ0v) is 11.7. The first kappa shape index (κ1) is 14.8. The molecule has 0 spiro atoms. The molecule has 1 aliphatic rings. The highest BCUT2D eigenvalue weighted by atomic mass is 16.2. The van der Waals surface area contributed by atoms with Gasteiger partial charge in [0.15, 0.2) is 0 Å². The topological polar surface area (TPSA) is 61.4 Å². The number of nitrogens with one attached hydrogen (secondary N) is 2. The van der Waals surface area contributed by atoms with E-state index >= 15 is 0 Å². The second-order valence-electron chi connectivity index (χ2n) is 5.36. The molecule has 0 atom stereocenters. The van der Waals surface area contributed by atoms with E-state index in [0.717, 1.165) is 12.8 Å². The largest absolute Gasteiger partial charge is 0.352 e. The highest BCUT2D eigenvalue weighted by molar-refractivity contribution is 5.84. The van der Waals surface area contributed by atoms with Gasteiger partial charge in [0, 0.05) is 19.1 Å². The number of likely N-dealkylation sites (N-methyl/N-ethyl adjacent to an activating group) is 1. The normalized spacial score (nSPS) is 16.4. The van der Waals surface area contributed by atoms with Gasteiger partial charge in [-0.05, 0) is 26.7 Å². The molecule has 0 aromatic rings. The second kappa shape index (κ2) is 7.24. The first-order valence-corrected chi connectivity index (χ1v) is 6.80. The molecule has 0 radical (unpaired) electrons. The second-order valence-corrected chi connectivity index (χ2v) is 5.36. The van der Waals surface area contributed by atoms with Gasteiger partial charge in [-0.25, -0.2) is 4.79 Å². The first-order chi connectivity index (χ1) is 8.49. The van der Waals surface area contributed by atoms with E-state index in [4.69, 9.17) is 0 Å². The molecular weight excluding hydrogens is 230 g/mol. The molecule has 1 aliphatic carbocycles. The van der Waals surface area contributed by atoms with E-state index in [1.54, 1.807) is 7.05 Å². The van der Waals surface area contributed by atoms with Gasteiger partial charge in [0.25, 0.3) is 0 Å². The molecule has 1 saturated carbocycles. The van der Waals surface area contributed by atoms with Gasteiger partial charge in [-0.1, -0.05) is 19.3 Å². The van der Waals surface area contributed by atoms with Gasteiger partial charge in [-0.3, -0.25) is 4.79 Å². The summed E-state index contributed by atoms with van der Waals surface area (Å²) in [6, 6.07) is 0.231. The molecule has 2 N–H and O–H groups in total. The van der Waals surface area contributed by atoms with Crippen molar-refractivity contribution in [2.24, 2.45) is 0 Å². The first-order valence-electron chi connectivity index (χ1n) is 6.80. The van der Waals surface area contributed by atoms with E-state index in [2.05, 4.69) is 10.6 Å².